The predicted octanol–water partition coefficient (Wildman–Crippen LogP) is 5.42. The Morgan fingerprint density at radius 2 is 1.30 bits per heavy atom. The number of rotatable bonds is 25. The molecule has 0 spiro atoms. The summed E-state index contributed by atoms with van der Waals surface area (Å²) >= 11 is 0. The highest BCUT2D eigenvalue weighted by atomic mass is 31.2. The molecule has 0 bridgehead atoms. The van der Waals surface area contributed by atoms with E-state index in [0.717, 1.165) is 6.26 Å². The van der Waals surface area contributed by atoms with Crippen molar-refractivity contribution >= 4 is 61.7 Å². The van der Waals surface area contributed by atoms with E-state index in [1.807, 2.05) is 0 Å². The minimum atomic E-state index is -4.61. The van der Waals surface area contributed by atoms with Crippen molar-refractivity contribution < 1.29 is 75.1 Å². The number of hydrogen-bond acceptors (Lipinski definition) is 26. The molecule has 6 heterocycles. The van der Waals surface area contributed by atoms with Gasteiger partial charge in [-0.25, -0.2) is 19.1 Å². The number of benzene rings is 2. The summed E-state index contributed by atoms with van der Waals surface area (Å²) in [4.78, 5) is 52.1. The Hall–Kier alpha value is -8.18. The Kier molecular flexibility index (Phi) is 18.1. The maximum absolute atomic E-state index is 14.7. The van der Waals surface area contributed by atoms with Gasteiger partial charge in [0.1, 0.15) is 65.3 Å². The molecular weight excluding hydrogens is 1130 g/mol. The van der Waals surface area contributed by atoms with Crippen molar-refractivity contribution in [2.24, 2.45) is 16.2 Å². The van der Waals surface area contributed by atoms with Gasteiger partial charge in [0, 0.05) is 5.41 Å². The number of methoxy groups -OCH3 is 2. The molecule has 2 aliphatic rings. The predicted molar refractivity (Wildman–Crippen MR) is 291 cm³/mol. The highest BCUT2D eigenvalue weighted by Gasteiger charge is 2.58. The van der Waals surface area contributed by atoms with Crippen molar-refractivity contribution in [2.75, 3.05) is 52.1 Å². The summed E-state index contributed by atoms with van der Waals surface area (Å²) in [5.41, 5.74) is 8.20. The number of carbonyl (C=O) groups is 2. The van der Waals surface area contributed by atoms with Gasteiger partial charge in [0.15, 0.2) is 40.5 Å². The van der Waals surface area contributed by atoms with Crippen LogP contribution < -0.4 is 40.2 Å². The van der Waals surface area contributed by atoms with Gasteiger partial charge < -0.3 is 63.3 Å². The molecule has 2 aliphatic heterocycles. The molecule has 11 atom stereocenters. The average molecular weight is 1190 g/mol. The third kappa shape index (κ3) is 13.0. The maximum Gasteiger partial charge on any atom is 0.513 e. The molecule has 30 nitrogen and oxygen atoms in total. The lowest BCUT2D eigenvalue weighted by Crippen LogP contribution is -2.40. The van der Waals surface area contributed by atoms with Gasteiger partial charge in [-0.1, -0.05) is 50.2 Å². The van der Waals surface area contributed by atoms with Gasteiger partial charge in [-0.3, -0.25) is 23.2 Å². The first-order valence-electron chi connectivity index (χ1n) is 25.6. The molecule has 4 aromatic heterocycles. The van der Waals surface area contributed by atoms with Crippen molar-refractivity contribution in [3.05, 3.63) is 85.3 Å². The minimum Gasteiger partial charge on any atom is -0.479 e. The Morgan fingerprint density at radius 1 is 0.795 bits per heavy atom. The molecule has 0 aliphatic carbocycles. The second-order valence-corrected chi connectivity index (χ2v) is 23.5. The van der Waals surface area contributed by atoms with Crippen LogP contribution in [0.25, 0.3) is 22.3 Å². The van der Waals surface area contributed by atoms with Crippen molar-refractivity contribution in [1.82, 2.24) is 49.2 Å². The molecule has 6 aromatic rings. The maximum atomic E-state index is 14.7. The van der Waals surface area contributed by atoms with Gasteiger partial charge in [-0.2, -0.15) is 40.6 Å². The zero-order valence-corrected chi connectivity index (χ0v) is 48.3. The number of esters is 2. The van der Waals surface area contributed by atoms with Crippen LogP contribution in [-0.2, 0) is 51.5 Å². The molecule has 442 valence electrons. The first kappa shape index (κ1) is 60.9. The first-order valence-corrected chi connectivity index (χ1v) is 28.6. The number of nitrogens with two attached hydrogens (primary N) is 2. The number of nitriles is 2. The second-order valence-electron chi connectivity index (χ2n) is 20.2. The van der Waals surface area contributed by atoms with Gasteiger partial charge in [0.25, 0.3) is 0 Å². The number of aliphatic hydroxyl groups is 1. The smallest absolute Gasteiger partial charge is 0.479 e. The molecular formula is C51H62N14O16P2. The summed E-state index contributed by atoms with van der Waals surface area (Å²) in [6.07, 6.45) is -3.17. The van der Waals surface area contributed by atoms with Gasteiger partial charge in [0.05, 0.1) is 59.1 Å². The molecule has 2 aromatic carbocycles. The number of hydrogen-bond donors (Lipinski definition) is 5. The molecule has 32 heteroatoms. The summed E-state index contributed by atoms with van der Waals surface area (Å²) in [7, 11) is -6.44. The number of ether oxygens (including phenoxy) is 7. The lowest BCUT2D eigenvalue weighted by Gasteiger charge is -2.31. The minimum absolute atomic E-state index is 0.0341. The Bertz CT molecular complexity index is 3550. The van der Waals surface area contributed by atoms with E-state index in [2.05, 4.69) is 52.2 Å². The number of imidazole rings is 2. The van der Waals surface area contributed by atoms with Crippen LogP contribution in [0.15, 0.2) is 85.3 Å². The summed E-state index contributed by atoms with van der Waals surface area (Å²) in [5.74, 6) is -1.89. The first-order chi connectivity index (χ1) is 39.4. The number of carbonyl (C=O) groups excluding carboxylic acids is 2. The fraction of sp³-hybridized carbons (Fsp3) is 0.451. The van der Waals surface area contributed by atoms with E-state index in [9.17, 15) is 34.3 Å². The zero-order valence-electron chi connectivity index (χ0n) is 46.5. The van der Waals surface area contributed by atoms with Crippen LogP contribution in [0, 0.1) is 38.9 Å². The Morgan fingerprint density at radius 3 is 1.82 bits per heavy atom. The van der Waals surface area contributed by atoms with E-state index in [-0.39, 0.29) is 83.1 Å². The molecule has 83 heavy (non-hydrogen) atoms. The number of nitrogen functional groups attached to an aromatic ring is 2. The van der Waals surface area contributed by atoms with Crippen molar-refractivity contribution in [2.45, 2.75) is 91.3 Å². The summed E-state index contributed by atoms with van der Waals surface area (Å²) in [5, 5.41) is 38.3. The molecule has 8 rings (SSSR count). The van der Waals surface area contributed by atoms with Gasteiger partial charge >= 0.3 is 27.4 Å². The SMILES string of the molecule is CCOC(=O)[C@H](C)NP(=O)(O/C=C1\O[C@@H](n2cnc3c(OC)nc(N)nc32)[C@](C)(C#N)[C@@H]1OCC(C)(C)COC(=O)[C@H](C)NP(=O)(OC[C@H]1O[C@@H](n2cnc3c(OC)nc(N)nc32)[C@](C)(C#N)[C@@H]1O)Oc1ccccc1)Oc1ccccc1. The number of fused-ring (bicyclic) bond motifs is 2. The van der Waals surface area contributed by atoms with Crippen LogP contribution in [0.4, 0.5) is 11.9 Å². The van der Waals surface area contributed by atoms with E-state index >= 15 is 0 Å². The molecule has 0 amide bonds. The van der Waals surface area contributed by atoms with E-state index in [0.29, 0.717) is 0 Å². The lowest BCUT2D eigenvalue weighted by molar-refractivity contribution is -0.150. The van der Waals surface area contributed by atoms with Gasteiger partial charge in [0.2, 0.25) is 23.7 Å². The number of anilines is 2. The van der Waals surface area contributed by atoms with E-state index in [1.54, 1.807) is 57.2 Å². The average Bonchev–Trinajstić information content (AvgIpc) is 2.96. The Balaban J connectivity index is 1.00. The number of aromatic nitrogens is 8. The number of nitrogens with zero attached hydrogens (tertiary/aromatic N) is 10. The molecule has 0 saturated carbocycles. The highest BCUT2D eigenvalue weighted by Crippen LogP contribution is 2.53. The highest BCUT2D eigenvalue weighted by molar-refractivity contribution is 7.52. The molecule has 0 radical (unpaired) electrons. The van der Waals surface area contributed by atoms with E-state index < -0.39 is 93.1 Å². The van der Waals surface area contributed by atoms with Crippen LogP contribution in [0.2, 0.25) is 0 Å². The van der Waals surface area contributed by atoms with Crippen LogP contribution in [-0.4, -0.2) is 127 Å². The van der Waals surface area contributed by atoms with Crippen molar-refractivity contribution in [1.29, 1.82) is 10.5 Å². The number of aliphatic hydroxyl groups excluding tert-OH is 1. The summed E-state index contributed by atoms with van der Waals surface area (Å²) in [6.45, 7) is 9.55. The quantitative estimate of drug-likeness (QED) is 0.0271. The fourth-order valence-electron chi connectivity index (χ4n) is 8.79. The van der Waals surface area contributed by atoms with Crippen LogP contribution in [0.1, 0.15) is 60.9 Å². The second kappa shape index (κ2) is 24.7. The van der Waals surface area contributed by atoms with Crippen molar-refractivity contribution in [3.63, 3.8) is 0 Å². The Labute approximate surface area is 475 Å². The summed E-state index contributed by atoms with van der Waals surface area (Å²) < 4.78 is 96.5. The lowest BCUT2D eigenvalue weighted by atomic mass is 9.84. The topological polar surface area (TPSA) is 401 Å². The van der Waals surface area contributed by atoms with E-state index in [1.165, 1.54) is 88.0 Å². The van der Waals surface area contributed by atoms with Gasteiger partial charge in [-0.15, -0.1) is 0 Å². The third-order valence-corrected chi connectivity index (χ3v) is 16.3. The summed E-state index contributed by atoms with van der Waals surface area (Å²) in [6, 6.07) is 17.7. The zero-order chi connectivity index (χ0) is 60.1. The fourth-order valence-corrected chi connectivity index (χ4v) is 11.7. The molecule has 7 N–H and O–H groups in total. The normalized spacial score (nSPS) is 24.1. The van der Waals surface area contributed by atoms with Crippen LogP contribution in [0.5, 0.6) is 23.3 Å². The standard InChI is InChI=1S/C51H62N14O16P2/c1-10-73-43(67)29(2)62-83(70,81-32-19-15-12-16-20-32)77-22-34-38(51(7,24-53)46(79-34)65-28-57-36-40(65)59-48(55)61-42(36)72-9)74-25-49(4,5)26-75-44(68)30(3)63-82(69,80-31-17-13-11-14-18-31)76-21-33-37(66)50(6,23-52)45(78-33)64-27-56-35-39(64)58-47(54)60-41(35)71-8/h11-20,22,27-30,33,37-38,45-46,66H,10,21,25-26H2,1-9H3,(H,62,70)(H,63,69)(H2,54,58,60)(H2,55,59,61)/b34-22-/t29-,30-,33+,37+,38+,45+,46+,50+,51+,82?,83?/m0/s1. The molecule has 2 unspecified atom stereocenters. The largest absolute Gasteiger partial charge is 0.513 e. The van der Waals surface area contributed by atoms with E-state index in [4.69, 9.17) is 62.7 Å². The van der Waals surface area contributed by atoms with Crippen LogP contribution in [0.3, 0.4) is 0 Å². The number of nitrogens with one attached hydrogen (secondary N) is 2. The third-order valence-electron chi connectivity index (χ3n) is 13.1. The van der Waals surface area contributed by atoms with Crippen molar-refractivity contribution in [3.8, 4) is 35.4 Å². The number of para-hydroxylation sites is 2. The monoisotopic (exact) mass is 1190 g/mol. The molecule has 2 saturated heterocycles. The van der Waals surface area contributed by atoms with Crippen LogP contribution >= 0.6 is 15.5 Å². The molecule has 2 fully saturated rings. The van der Waals surface area contributed by atoms with Gasteiger partial charge in [-0.05, 0) is 58.9 Å².